The van der Waals surface area contributed by atoms with E-state index in [0.29, 0.717) is 0 Å². The molecule has 0 unspecified atom stereocenters. The van der Waals surface area contributed by atoms with Gasteiger partial charge in [0.25, 0.3) is 0 Å². The first kappa shape index (κ1) is 26.9. The third-order valence-electron chi connectivity index (χ3n) is 6.54. The molecule has 2 aromatic heterocycles. The van der Waals surface area contributed by atoms with Gasteiger partial charge in [0.15, 0.2) is 0 Å². The summed E-state index contributed by atoms with van der Waals surface area (Å²) in [7, 11) is 0. The van der Waals surface area contributed by atoms with E-state index in [-0.39, 0.29) is 26.8 Å². The number of aryl methyl sites for hydroxylation is 2. The Hall–Kier alpha value is -3.72. The Morgan fingerprint density at radius 2 is 1.51 bits per heavy atom. The van der Waals surface area contributed by atoms with Crippen molar-refractivity contribution < 1.29 is 26.2 Å². The monoisotopic (exact) mass is 704 g/mol. The minimum Gasteiger partial charge on any atom is -0.507 e. The number of benzene rings is 4. The molecule has 1 N–H and O–H groups in total. The second kappa shape index (κ2) is 11.6. The summed E-state index contributed by atoms with van der Waals surface area (Å²) in [5.74, 6) is 0.259. The normalized spacial score (nSPS) is 10.8. The van der Waals surface area contributed by atoms with Crippen molar-refractivity contribution in [2.75, 3.05) is 0 Å². The number of hydrogen-bond acceptors (Lipinski definition) is 4. The fourth-order valence-electron chi connectivity index (χ4n) is 4.69. The summed E-state index contributed by atoms with van der Waals surface area (Å²) in [5.41, 5.74) is 7.18. The van der Waals surface area contributed by atoms with Crippen molar-refractivity contribution in [3.8, 4) is 39.4 Å². The van der Waals surface area contributed by atoms with Gasteiger partial charge in [0.05, 0.1) is 5.69 Å². The Balaban J connectivity index is 0.00000308. The Morgan fingerprint density at radius 1 is 0.744 bits per heavy atom. The van der Waals surface area contributed by atoms with E-state index in [1.807, 2.05) is 86.8 Å². The van der Waals surface area contributed by atoms with Gasteiger partial charge in [-0.1, -0.05) is 83.4 Å². The van der Waals surface area contributed by atoms with Gasteiger partial charge in [-0.25, -0.2) is 4.98 Å². The van der Waals surface area contributed by atoms with Gasteiger partial charge >= 0.3 is 0 Å². The van der Waals surface area contributed by atoms with Crippen LogP contribution in [-0.2, 0) is 21.1 Å². The molecule has 0 atom stereocenters. The standard InChI is InChI=1S/C34H25N2OS.Pt/c1-22-17-23(2)33(37)30(18-22)32-21-27(24-9-4-3-5-10-24)20-31(36-32)26-12-8-13-28(19-26)38-34-29-14-7-6-11-25(29)15-16-35-34;/h3-18,20-21,37H,1-2H3;/q-1;. The van der Waals surface area contributed by atoms with E-state index < -0.39 is 0 Å². The van der Waals surface area contributed by atoms with Crippen LogP contribution in [0.4, 0.5) is 0 Å². The fraction of sp³-hybridized carbons (Fsp3) is 0.0588. The number of fused-ring (bicyclic) bond motifs is 1. The van der Waals surface area contributed by atoms with E-state index in [2.05, 4.69) is 47.4 Å². The smallest absolute Gasteiger partial charge is 0.127 e. The molecular weight excluding hydrogens is 680 g/mol. The molecule has 0 saturated heterocycles. The molecule has 0 amide bonds. The third-order valence-corrected chi connectivity index (χ3v) is 7.52. The maximum absolute atomic E-state index is 10.9. The molecule has 0 saturated carbocycles. The molecule has 0 fully saturated rings. The van der Waals surface area contributed by atoms with Crippen LogP contribution in [0, 0.1) is 19.9 Å². The van der Waals surface area contributed by atoms with Crippen LogP contribution in [-0.4, -0.2) is 15.1 Å². The van der Waals surface area contributed by atoms with Gasteiger partial charge in [0, 0.05) is 38.2 Å². The first-order chi connectivity index (χ1) is 18.5. The van der Waals surface area contributed by atoms with Gasteiger partial charge < -0.3 is 5.11 Å². The Labute approximate surface area is 247 Å². The summed E-state index contributed by atoms with van der Waals surface area (Å²) in [6.07, 6.45) is 1.85. The Bertz CT molecular complexity index is 1780. The predicted molar refractivity (Wildman–Crippen MR) is 156 cm³/mol. The molecule has 194 valence electrons. The first-order valence-electron chi connectivity index (χ1n) is 12.5. The van der Waals surface area contributed by atoms with Crippen molar-refractivity contribution in [1.82, 2.24) is 9.97 Å². The summed E-state index contributed by atoms with van der Waals surface area (Å²) in [4.78, 5) is 10.6. The zero-order chi connectivity index (χ0) is 26.1. The molecule has 39 heavy (non-hydrogen) atoms. The SMILES string of the molecule is Cc1cc(C)c(O)c(-c2cc(-c3ccccc3)cc(-c3[c-]c(Sc4nccc5ccccc45)ccc3)n2)c1.[Pt]. The van der Waals surface area contributed by atoms with E-state index in [0.717, 1.165) is 65.5 Å². The number of hydrogen-bond donors (Lipinski definition) is 1. The molecule has 6 rings (SSSR count). The molecule has 0 aliphatic rings. The molecular formula is C34H25N2OPtS-. The molecule has 3 nitrogen and oxygen atoms in total. The van der Waals surface area contributed by atoms with Crippen LogP contribution in [0.5, 0.6) is 5.75 Å². The molecule has 2 heterocycles. The van der Waals surface area contributed by atoms with Crippen LogP contribution in [0.15, 0.2) is 119 Å². The summed E-state index contributed by atoms with van der Waals surface area (Å²) in [6, 6.07) is 38.4. The Kier molecular flexibility index (Phi) is 7.97. The van der Waals surface area contributed by atoms with Crippen molar-refractivity contribution in [2.45, 2.75) is 23.8 Å². The molecule has 0 spiro atoms. The number of aromatic nitrogens is 2. The zero-order valence-corrected chi connectivity index (χ0v) is 24.5. The minimum atomic E-state index is 0. The molecule has 4 aromatic carbocycles. The van der Waals surface area contributed by atoms with Crippen LogP contribution < -0.4 is 0 Å². The minimum absolute atomic E-state index is 0. The van der Waals surface area contributed by atoms with Crippen LogP contribution >= 0.6 is 11.8 Å². The average molecular weight is 705 g/mol. The van der Waals surface area contributed by atoms with Crippen LogP contribution in [0.3, 0.4) is 0 Å². The van der Waals surface area contributed by atoms with Gasteiger partial charge in [-0.3, -0.25) is 4.98 Å². The van der Waals surface area contributed by atoms with Gasteiger partial charge in [-0.15, -0.1) is 29.8 Å². The van der Waals surface area contributed by atoms with E-state index in [4.69, 9.17) is 4.98 Å². The predicted octanol–water partition coefficient (Wildman–Crippen LogP) is 8.90. The molecule has 6 aromatic rings. The largest absolute Gasteiger partial charge is 0.507 e. The van der Waals surface area contributed by atoms with Crippen molar-refractivity contribution in [3.05, 3.63) is 127 Å². The first-order valence-corrected chi connectivity index (χ1v) is 13.3. The number of pyridine rings is 2. The number of phenols is 1. The second-order valence-corrected chi connectivity index (χ2v) is 10.4. The van der Waals surface area contributed by atoms with Crippen LogP contribution in [0.25, 0.3) is 44.4 Å². The maximum Gasteiger partial charge on any atom is 0.127 e. The number of aromatic hydroxyl groups is 1. The summed E-state index contributed by atoms with van der Waals surface area (Å²) in [5, 5.41) is 14.2. The van der Waals surface area contributed by atoms with Crippen molar-refractivity contribution in [2.24, 2.45) is 0 Å². The van der Waals surface area contributed by atoms with Crippen molar-refractivity contribution >= 4 is 22.5 Å². The van der Waals surface area contributed by atoms with Crippen molar-refractivity contribution in [1.29, 1.82) is 0 Å². The van der Waals surface area contributed by atoms with E-state index in [1.165, 1.54) is 0 Å². The van der Waals surface area contributed by atoms with E-state index in [9.17, 15) is 5.11 Å². The average Bonchev–Trinajstić information content (AvgIpc) is 2.95. The van der Waals surface area contributed by atoms with Crippen LogP contribution in [0.2, 0.25) is 0 Å². The third kappa shape index (κ3) is 5.68. The fourth-order valence-corrected chi connectivity index (χ4v) is 5.62. The number of nitrogens with zero attached hydrogens (tertiary/aromatic N) is 2. The van der Waals surface area contributed by atoms with Crippen LogP contribution in [0.1, 0.15) is 11.1 Å². The molecule has 0 radical (unpaired) electrons. The number of rotatable bonds is 5. The molecule has 0 aliphatic carbocycles. The second-order valence-electron chi connectivity index (χ2n) is 9.34. The zero-order valence-electron chi connectivity index (χ0n) is 21.5. The van der Waals surface area contributed by atoms with Gasteiger partial charge in [-0.05, 0) is 65.4 Å². The molecule has 0 aliphatic heterocycles. The van der Waals surface area contributed by atoms with Crippen molar-refractivity contribution in [3.63, 3.8) is 0 Å². The van der Waals surface area contributed by atoms with Gasteiger partial charge in [0.2, 0.25) is 0 Å². The maximum atomic E-state index is 10.9. The molecule has 0 bridgehead atoms. The van der Waals surface area contributed by atoms with E-state index in [1.54, 1.807) is 11.8 Å². The van der Waals surface area contributed by atoms with E-state index >= 15 is 0 Å². The topological polar surface area (TPSA) is 46.0 Å². The van der Waals surface area contributed by atoms with Gasteiger partial charge in [0.1, 0.15) is 10.8 Å². The summed E-state index contributed by atoms with van der Waals surface area (Å²) >= 11 is 1.60. The molecule has 5 heteroatoms. The van der Waals surface area contributed by atoms with Gasteiger partial charge in [-0.2, -0.15) is 0 Å². The quantitative estimate of drug-likeness (QED) is 0.182. The summed E-state index contributed by atoms with van der Waals surface area (Å²) < 4.78 is 0. The summed E-state index contributed by atoms with van der Waals surface area (Å²) in [6.45, 7) is 3.96. The number of phenolic OH excluding ortho intramolecular Hbond substituents is 1. The Morgan fingerprint density at radius 3 is 2.36 bits per heavy atom.